The minimum Gasteiger partial charge on any atom is -0.341 e. The van der Waals surface area contributed by atoms with Crippen LogP contribution in [0.15, 0.2) is 52.3 Å². The predicted molar refractivity (Wildman–Crippen MR) is 93.0 cm³/mol. The van der Waals surface area contributed by atoms with Crippen LogP contribution in [-0.4, -0.2) is 20.5 Å². The second kappa shape index (κ2) is 6.99. The Hall–Kier alpha value is -2.35. The lowest BCUT2D eigenvalue weighted by atomic mass is 10.1. The number of rotatable bonds is 4. The molecule has 1 atom stereocenters. The summed E-state index contributed by atoms with van der Waals surface area (Å²) in [7, 11) is -3.73. The number of fused-ring (bicyclic) bond motifs is 1. The van der Waals surface area contributed by atoms with E-state index in [4.69, 9.17) is 0 Å². The van der Waals surface area contributed by atoms with Crippen molar-refractivity contribution in [1.82, 2.24) is 5.32 Å². The average Bonchev–Trinajstić information content (AvgIpc) is 3.03. The molecule has 0 aromatic heterocycles. The SMILES string of the molecule is CCc1ccccc1S(=O)(=O)c1ccc2c(c1)CCC2NC(=O)C(F)(F)F. The van der Waals surface area contributed by atoms with Crippen molar-refractivity contribution in [3.8, 4) is 0 Å². The largest absolute Gasteiger partial charge is 0.471 e. The Bertz CT molecular complexity index is 984. The molecule has 0 heterocycles. The van der Waals surface area contributed by atoms with Crippen molar-refractivity contribution in [2.45, 2.75) is 48.2 Å². The van der Waals surface area contributed by atoms with E-state index in [2.05, 4.69) is 0 Å². The van der Waals surface area contributed by atoms with E-state index < -0.39 is 28.0 Å². The Morgan fingerprint density at radius 3 is 2.56 bits per heavy atom. The molecule has 0 saturated heterocycles. The molecular weight excluding hydrogens is 379 g/mol. The highest BCUT2D eigenvalue weighted by Gasteiger charge is 2.41. The zero-order chi connectivity index (χ0) is 19.8. The maximum absolute atomic E-state index is 13.0. The molecule has 0 saturated carbocycles. The maximum atomic E-state index is 13.0. The standard InChI is InChI=1S/C19H18F3NO3S/c1-2-12-5-3-4-6-17(12)27(25,26)14-8-9-15-13(11-14)7-10-16(15)23-18(24)19(20,21)22/h3-6,8-9,11,16H,2,7,10H2,1H3,(H,23,24). The molecular formula is C19H18F3NO3S. The van der Waals surface area contributed by atoms with Crippen LogP contribution in [-0.2, 0) is 27.5 Å². The molecule has 0 spiro atoms. The fraction of sp³-hybridized carbons (Fsp3) is 0.316. The molecule has 0 radical (unpaired) electrons. The summed E-state index contributed by atoms with van der Waals surface area (Å²) in [5.74, 6) is -1.99. The van der Waals surface area contributed by atoms with Gasteiger partial charge in [-0.25, -0.2) is 8.42 Å². The molecule has 144 valence electrons. The Morgan fingerprint density at radius 2 is 1.89 bits per heavy atom. The molecule has 1 aliphatic rings. The zero-order valence-electron chi connectivity index (χ0n) is 14.5. The van der Waals surface area contributed by atoms with Gasteiger partial charge in [0.25, 0.3) is 0 Å². The van der Waals surface area contributed by atoms with Crippen LogP contribution in [0.25, 0.3) is 0 Å². The Labute approximate surface area is 155 Å². The van der Waals surface area contributed by atoms with Crippen molar-refractivity contribution in [2.75, 3.05) is 0 Å². The van der Waals surface area contributed by atoms with Crippen LogP contribution in [0, 0.1) is 0 Å². The van der Waals surface area contributed by atoms with Crippen molar-refractivity contribution in [2.24, 2.45) is 0 Å². The summed E-state index contributed by atoms with van der Waals surface area (Å²) in [6.45, 7) is 1.87. The molecule has 4 nitrogen and oxygen atoms in total. The first-order chi connectivity index (χ1) is 12.6. The van der Waals surface area contributed by atoms with Crippen molar-refractivity contribution in [3.05, 3.63) is 59.2 Å². The van der Waals surface area contributed by atoms with Gasteiger partial charge in [0.1, 0.15) is 0 Å². The summed E-state index contributed by atoms with van der Waals surface area (Å²) in [5.41, 5.74) is 1.86. The van der Waals surface area contributed by atoms with Crippen molar-refractivity contribution < 1.29 is 26.4 Å². The maximum Gasteiger partial charge on any atom is 0.471 e. The van der Waals surface area contributed by atoms with Gasteiger partial charge in [0.2, 0.25) is 9.84 Å². The van der Waals surface area contributed by atoms with Crippen molar-refractivity contribution in [3.63, 3.8) is 0 Å². The Morgan fingerprint density at radius 1 is 1.19 bits per heavy atom. The van der Waals surface area contributed by atoms with Gasteiger partial charge in [-0.3, -0.25) is 4.79 Å². The van der Waals surface area contributed by atoms with E-state index in [-0.39, 0.29) is 9.79 Å². The summed E-state index contributed by atoms with van der Waals surface area (Å²) in [6, 6.07) is 10.3. The number of amides is 1. The molecule has 0 aliphatic heterocycles. The van der Waals surface area contributed by atoms with Gasteiger partial charge < -0.3 is 5.32 Å². The van der Waals surface area contributed by atoms with Crippen LogP contribution in [0.5, 0.6) is 0 Å². The number of sulfone groups is 1. The number of carbonyl (C=O) groups is 1. The fourth-order valence-corrected chi connectivity index (χ4v) is 4.95. The summed E-state index contributed by atoms with van der Waals surface area (Å²) >= 11 is 0. The first-order valence-electron chi connectivity index (χ1n) is 8.48. The monoisotopic (exact) mass is 397 g/mol. The molecule has 3 rings (SSSR count). The summed E-state index contributed by atoms with van der Waals surface area (Å²) in [4.78, 5) is 11.5. The summed E-state index contributed by atoms with van der Waals surface area (Å²) < 4.78 is 63.4. The van der Waals surface area contributed by atoms with E-state index >= 15 is 0 Å². The van der Waals surface area contributed by atoms with Gasteiger partial charge in [-0.2, -0.15) is 13.2 Å². The van der Waals surface area contributed by atoms with Crippen molar-refractivity contribution >= 4 is 15.7 Å². The number of benzene rings is 2. The minimum absolute atomic E-state index is 0.102. The molecule has 8 heteroatoms. The van der Waals surface area contributed by atoms with E-state index in [1.165, 1.54) is 18.2 Å². The molecule has 1 unspecified atom stereocenters. The van der Waals surface area contributed by atoms with E-state index in [1.54, 1.807) is 24.3 Å². The Balaban J connectivity index is 1.93. The number of alkyl halides is 3. The lowest BCUT2D eigenvalue weighted by molar-refractivity contribution is -0.174. The molecule has 1 amide bonds. The van der Waals surface area contributed by atoms with Crippen molar-refractivity contribution in [1.29, 1.82) is 0 Å². The number of hydrogen-bond acceptors (Lipinski definition) is 3. The lowest BCUT2D eigenvalue weighted by Gasteiger charge is -2.16. The van der Waals surface area contributed by atoms with Gasteiger partial charge in [-0.05, 0) is 54.2 Å². The van der Waals surface area contributed by atoms with Crippen LogP contribution in [0.3, 0.4) is 0 Å². The van der Waals surface area contributed by atoms with Crippen LogP contribution >= 0.6 is 0 Å². The molecule has 2 aromatic rings. The first-order valence-corrected chi connectivity index (χ1v) is 9.96. The fourth-order valence-electron chi connectivity index (χ4n) is 3.34. The highest BCUT2D eigenvalue weighted by atomic mass is 32.2. The van der Waals surface area contributed by atoms with Gasteiger partial charge >= 0.3 is 12.1 Å². The van der Waals surface area contributed by atoms with Crippen LogP contribution in [0.2, 0.25) is 0 Å². The topological polar surface area (TPSA) is 63.2 Å². The lowest BCUT2D eigenvalue weighted by Crippen LogP contribution is -2.38. The van der Waals surface area contributed by atoms with E-state index in [1.807, 2.05) is 12.2 Å². The molecule has 0 fully saturated rings. The van der Waals surface area contributed by atoms with Crippen LogP contribution < -0.4 is 5.32 Å². The number of hydrogen-bond donors (Lipinski definition) is 1. The number of nitrogens with one attached hydrogen (secondary N) is 1. The van der Waals surface area contributed by atoms with Gasteiger partial charge in [0.05, 0.1) is 15.8 Å². The van der Waals surface area contributed by atoms with Gasteiger partial charge in [-0.1, -0.05) is 31.2 Å². The Kier molecular flexibility index (Phi) is 5.03. The number of halogens is 3. The highest BCUT2D eigenvalue weighted by molar-refractivity contribution is 7.91. The van der Waals surface area contributed by atoms with Crippen LogP contribution in [0.1, 0.15) is 36.1 Å². The third-order valence-electron chi connectivity index (χ3n) is 4.71. The third kappa shape index (κ3) is 3.71. The predicted octanol–water partition coefficient (Wildman–Crippen LogP) is 3.75. The number of carbonyl (C=O) groups excluding carboxylic acids is 1. The average molecular weight is 397 g/mol. The smallest absolute Gasteiger partial charge is 0.341 e. The minimum atomic E-state index is -4.95. The quantitative estimate of drug-likeness (QED) is 0.855. The van der Waals surface area contributed by atoms with E-state index in [9.17, 15) is 26.4 Å². The second-order valence-electron chi connectivity index (χ2n) is 6.39. The third-order valence-corrected chi connectivity index (χ3v) is 6.56. The van der Waals surface area contributed by atoms with E-state index in [0.29, 0.717) is 36.0 Å². The highest BCUT2D eigenvalue weighted by Crippen LogP contribution is 2.35. The molecule has 0 bridgehead atoms. The molecule has 1 N–H and O–H groups in total. The summed E-state index contributed by atoms with van der Waals surface area (Å²) in [6.07, 6.45) is -3.69. The van der Waals surface area contributed by atoms with E-state index in [0.717, 1.165) is 0 Å². The molecule has 2 aromatic carbocycles. The van der Waals surface area contributed by atoms with Gasteiger partial charge in [-0.15, -0.1) is 0 Å². The normalized spacial score (nSPS) is 16.8. The molecule has 1 aliphatic carbocycles. The van der Waals surface area contributed by atoms with Gasteiger partial charge in [0.15, 0.2) is 0 Å². The van der Waals surface area contributed by atoms with Crippen LogP contribution in [0.4, 0.5) is 13.2 Å². The van der Waals surface area contributed by atoms with Gasteiger partial charge in [0, 0.05) is 0 Å². The zero-order valence-corrected chi connectivity index (χ0v) is 15.3. The first kappa shape index (κ1) is 19.4. The summed E-state index contributed by atoms with van der Waals surface area (Å²) in [5, 5.41) is 1.97. The second-order valence-corrected chi connectivity index (χ2v) is 8.31. The number of aryl methyl sites for hydroxylation is 2. The molecule has 27 heavy (non-hydrogen) atoms.